The van der Waals surface area contributed by atoms with Gasteiger partial charge in [-0.05, 0) is 6.92 Å². The van der Waals surface area contributed by atoms with E-state index in [1.54, 1.807) is 6.26 Å². The molecule has 0 saturated carbocycles. The lowest BCUT2D eigenvalue weighted by atomic mass is 10.3. The lowest BCUT2D eigenvalue weighted by Crippen LogP contribution is -2.50. The Balaban J connectivity index is 1.80. The quantitative estimate of drug-likeness (QED) is 0.597. The number of aliphatic imine (C=N–C) groups is 1. The van der Waals surface area contributed by atoms with Crippen LogP contribution in [0.1, 0.15) is 12.6 Å². The molecule has 0 bridgehead atoms. The fraction of sp³-hybridized carbons (Fsp3) is 0.636. The normalized spacial score (nSPS) is 18.6. The van der Waals surface area contributed by atoms with Gasteiger partial charge in [0.15, 0.2) is 5.96 Å². The maximum absolute atomic E-state index is 5.87. The van der Waals surface area contributed by atoms with Gasteiger partial charge in [-0.1, -0.05) is 5.16 Å². The van der Waals surface area contributed by atoms with E-state index in [1.165, 1.54) is 0 Å². The van der Waals surface area contributed by atoms with E-state index in [-0.39, 0.29) is 0 Å². The van der Waals surface area contributed by atoms with E-state index in [4.69, 9.17) is 10.3 Å². The van der Waals surface area contributed by atoms with Gasteiger partial charge in [-0.25, -0.2) is 0 Å². The van der Waals surface area contributed by atoms with Crippen molar-refractivity contribution in [3.05, 3.63) is 18.0 Å². The number of nitrogens with zero attached hydrogens (tertiary/aromatic N) is 4. The highest BCUT2D eigenvalue weighted by atomic mass is 16.5. The van der Waals surface area contributed by atoms with Crippen molar-refractivity contribution in [3.8, 4) is 0 Å². The van der Waals surface area contributed by atoms with Gasteiger partial charge in [-0.2, -0.15) is 0 Å². The molecule has 6 heteroatoms. The molecule has 1 fully saturated rings. The Hall–Kier alpha value is -1.56. The molecule has 1 aliphatic heterocycles. The van der Waals surface area contributed by atoms with Crippen LogP contribution in [0.25, 0.3) is 0 Å². The Labute approximate surface area is 101 Å². The zero-order valence-corrected chi connectivity index (χ0v) is 10.2. The third-order valence-corrected chi connectivity index (χ3v) is 2.89. The second-order valence-corrected chi connectivity index (χ2v) is 4.09. The number of hydrogen-bond acceptors (Lipinski definition) is 4. The fourth-order valence-electron chi connectivity index (χ4n) is 1.95. The Morgan fingerprint density at radius 1 is 1.47 bits per heavy atom. The number of aromatic nitrogens is 1. The Bertz CT molecular complexity index is 354. The molecule has 0 aromatic carbocycles. The minimum atomic E-state index is 0.661. The monoisotopic (exact) mass is 237 g/mol. The predicted molar refractivity (Wildman–Crippen MR) is 65.5 cm³/mol. The molecule has 0 amide bonds. The molecule has 17 heavy (non-hydrogen) atoms. The van der Waals surface area contributed by atoms with Crippen molar-refractivity contribution >= 4 is 5.96 Å². The van der Waals surface area contributed by atoms with Crippen LogP contribution in [-0.4, -0.2) is 53.6 Å². The van der Waals surface area contributed by atoms with Crippen molar-refractivity contribution in [1.29, 1.82) is 0 Å². The summed E-state index contributed by atoms with van der Waals surface area (Å²) in [6, 6.07) is 1.90. The average molecular weight is 237 g/mol. The van der Waals surface area contributed by atoms with E-state index in [1.807, 2.05) is 13.0 Å². The summed E-state index contributed by atoms with van der Waals surface area (Å²) in [5.41, 5.74) is 6.85. The molecule has 94 valence electrons. The Morgan fingerprint density at radius 3 is 2.82 bits per heavy atom. The minimum absolute atomic E-state index is 0.661. The van der Waals surface area contributed by atoms with Crippen molar-refractivity contribution in [1.82, 2.24) is 15.0 Å². The van der Waals surface area contributed by atoms with Gasteiger partial charge in [-0.15, -0.1) is 0 Å². The summed E-state index contributed by atoms with van der Waals surface area (Å²) in [4.78, 5) is 8.69. The summed E-state index contributed by atoms with van der Waals surface area (Å²) in [6.07, 6.45) is 1.61. The maximum atomic E-state index is 5.87. The van der Waals surface area contributed by atoms with Crippen LogP contribution in [0.5, 0.6) is 0 Å². The van der Waals surface area contributed by atoms with Crippen LogP contribution < -0.4 is 5.73 Å². The Morgan fingerprint density at radius 2 is 2.24 bits per heavy atom. The molecule has 0 radical (unpaired) electrons. The van der Waals surface area contributed by atoms with Crippen LogP contribution in [0.4, 0.5) is 0 Å². The summed E-state index contributed by atoms with van der Waals surface area (Å²) in [6.45, 7) is 7.38. The highest BCUT2D eigenvalue weighted by Gasteiger charge is 2.18. The van der Waals surface area contributed by atoms with Gasteiger partial charge in [0, 0.05) is 45.3 Å². The molecule has 2 N–H and O–H groups in total. The highest BCUT2D eigenvalue weighted by Crippen LogP contribution is 2.06. The largest absolute Gasteiger partial charge is 0.370 e. The third-order valence-electron chi connectivity index (χ3n) is 2.89. The van der Waals surface area contributed by atoms with Crippen molar-refractivity contribution < 1.29 is 4.52 Å². The first-order valence-corrected chi connectivity index (χ1v) is 5.96. The van der Waals surface area contributed by atoms with Gasteiger partial charge in [-0.3, -0.25) is 9.89 Å². The summed E-state index contributed by atoms with van der Waals surface area (Å²) in [5, 5.41) is 3.92. The average Bonchev–Trinajstić information content (AvgIpc) is 2.83. The molecule has 1 aliphatic rings. The van der Waals surface area contributed by atoms with E-state index in [0.29, 0.717) is 5.96 Å². The molecule has 1 aromatic rings. The van der Waals surface area contributed by atoms with Crippen LogP contribution in [0.2, 0.25) is 0 Å². The Kier molecular flexibility index (Phi) is 3.98. The van der Waals surface area contributed by atoms with Crippen LogP contribution in [-0.2, 0) is 6.54 Å². The van der Waals surface area contributed by atoms with Gasteiger partial charge >= 0.3 is 0 Å². The first-order valence-electron chi connectivity index (χ1n) is 5.96. The summed E-state index contributed by atoms with van der Waals surface area (Å²) in [7, 11) is 0. The molecule has 6 nitrogen and oxygen atoms in total. The number of nitrogens with two attached hydrogens (primary N) is 1. The smallest absolute Gasteiger partial charge is 0.191 e. The van der Waals surface area contributed by atoms with E-state index in [0.717, 1.165) is 45.0 Å². The van der Waals surface area contributed by atoms with Crippen LogP contribution in [0.15, 0.2) is 21.8 Å². The topological polar surface area (TPSA) is 70.9 Å². The molecule has 2 heterocycles. The second kappa shape index (κ2) is 5.67. The van der Waals surface area contributed by atoms with Gasteiger partial charge in [0.25, 0.3) is 0 Å². The molecular weight excluding hydrogens is 218 g/mol. The molecule has 1 saturated heterocycles. The fourth-order valence-corrected chi connectivity index (χ4v) is 1.95. The van der Waals surface area contributed by atoms with E-state index in [2.05, 4.69) is 19.9 Å². The summed E-state index contributed by atoms with van der Waals surface area (Å²) < 4.78 is 4.82. The van der Waals surface area contributed by atoms with Gasteiger partial charge < -0.3 is 15.2 Å². The minimum Gasteiger partial charge on any atom is -0.370 e. The van der Waals surface area contributed by atoms with E-state index >= 15 is 0 Å². The molecule has 0 aliphatic carbocycles. The zero-order chi connectivity index (χ0) is 12.1. The summed E-state index contributed by atoms with van der Waals surface area (Å²) >= 11 is 0. The van der Waals surface area contributed by atoms with Crippen molar-refractivity contribution in [3.63, 3.8) is 0 Å². The van der Waals surface area contributed by atoms with E-state index in [9.17, 15) is 0 Å². The standard InChI is InChI=1S/C11H19N5O/c1-2-13-11(12)16-6-4-15(5-7-16)9-10-3-8-17-14-10/h3,8H,2,4-7,9H2,1H3,(H2,12,13). The van der Waals surface area contributed by atoms with Gasteiger partial charge in [0.2, 0.25) is 0 Å². The van der Waals surface area contributed by atoms with Crippen LogP contribution in [0, 0.1) is 0 Å². The molecule has 0 spiro atoms. The van der Waals surface area contributed by atoms with Gasteiger partial charge in [0.05, 0.1) is 5.69 Å². The van der Waals surface area contributed by atoms with Crippen molar-refractivity contribution in [2.24, 2.45) is 10.7 Å². The van der Waals surface area contributed by atoms with Crippen molar-refractivity contribution in [2.45, 2.75) is 13.5 Å². The van der Waals surface area contributed by atoms with Gasteiger partial charge in [0.1, 0.15) is 6.26 Å². The third kappa shape index (κ3) is 3.20. The lowest BCUT2D eigenvalue weighted by molar-refractivity contribution is 0.170. The first kappa shape index (κ1) is 11.9. The van der Waals surface area contributed by atoms with E-state index < -0.39 is 0 Å². The SMILES string of the molecule is CCN=C(N)N1CCN(Cc2ccon2)CC1. The number of hydrogen-bond donors (Lipinski definition) is 1. The number of piperazine rings is 1. The summed E-state index contributed by atoms with van der Waals surface area (Å²) in [5.74, 6) is 0.661. The molecule has 1 aromatic heterocycles. The molecule has 0 atom stereocenters. The predicted octanol–water partition coefficient (Wildman–Crippen LogP) is 0.127. The highest BCUT2D eigenvalue weighted by molar-refractivity contribution is 5.78. The number of rotatable bonds is 3. The van der Waals surface area contributed by atoms with Crippen LogP contribution in [0.3, 0.4) is 0 Å². The van der Waals surface area contributed by atoms with Crippen LogP contribution >= 0.6 is 0 Å². The zero-order valence-electron chi connectivity index (χ0n) is 10.2. The maximum Gasteiger partial charge on any atom is 0.191 e. The lowest BCUT2D eigenvalue weighted by Gasteiger charge is -2.34. The number of guanidine groups is 1. The van der Waals surface area contributed by atoms with Crippen molar-refractivity contribution in [2.75, 3.05) is 32.7 Å². The first-order chi connectivity index (χ1) is 8.29. The molecule has 0 unspecified atom stereocenters. The molecular formula is C11H19N5O. The molecule has 2 rings (SSSR count). The second-order valence-electron chi connectivity index (χ2n) is 4.09.